The molecule has 0 aliphatic carbocycles. The van der Waals surface area contributed by atoms with E-state index in [0.717, 1.165) is 12.8 Å². The molecule has 2 aromatic rings. The van der Waals surface area contributed by atoms with E-state index in [1.807, 2.05) is 13.8 Å². The number of rotatable bonds is 1. The van der Waals surface area contributed by atoms with Crippen molar-refractivity contribution < 1.29 is 19.0 Å². The van der Waals surface area contributed by atoms with Crippen LogP contribution >= 0.6 is 15.9 Å². The van der Waals surface area contributed by atoms with Gasteiger partial charge in [-0.05, 0) is 65.1 Å². The van der Waals surface area contributed by atoms with E-state index in [9.17, 15) is 9.59 Å². The third-order valence-corrected chi connectivity index (χ3v) is 6.43. The second kappa shape index (κ2) is 4.23. The van der Waals surface area contributed by atoms with E-state index in [-0.39, 0.29) is 11.8 Å². The standard InChI is InChI=1S/C16H14BrN3O4/c1-15-5-6-16(2,23-15)10-9(15)13(21)20(14(10)22)8-4-3-7(17)11-12(8)19-24-18-11/h3-4,9-10H,5-6H2,1-2H3/t9-,10+,15?,16?. The van der Waals surface area contributed by atoms with E-state index in [4.69, 9.17) is 9.37 Å². The molecule has 0 N–H and O–H groups in total. The minimum Gasteiger partial charge on any atom is -0.367 e. The summed E-state index contributed by atoms with van der Waals surface area (Å²) in [6.07, 6.45) is 1.58. The predicted molar refractivity (Wildman–Crippen MR) is 86.1 cm³/mol. The van der Waals surface area contributed by atoms with Gasteiger partial charge in [0.1, 0.15) is 0 Å². The Bertz CT molecular complexity index is 893. The van der Waals surface area contributed by atoms with Crippen LogP contribution in [0.4, 0.5) is 5.69 Å². The number of aromatic nitrogens is 2. The Balaban J connectivity index is 1.68. The van der Waals surface area contributed by atoms with Crippen molar-refractivity contribution in [3.05, 3.63) is 16.6 Å². The molecule has 1 aromatic heterocycles. The van der Waals surface area contributed by atoms with Gasteiger partial charge in [0.25, 0.3) is 0 Å². The van der Waals surface area contributed by atoms with E-state index in [1.165, 1.54) is 4.90 Å². The number of hydrogen-bond acceptors (Lipinski definition) is 6. The molecule has 3 aliphatic rings. The quantitative estimate of drug-likeness (QED) is 0.693. The summed E-state index contributed by atoms with van der Waals surface area (Å²) in [6, 6.07) is 3.44. The average molecular weight is 392 g/mol. The molecule has 3 aliphatic heterocycles. The first-order valence-electron chi connectivity index (χ1n) is 7.84. The van der Waals surface area contributed by atoms with Crippen LogP contribution in [0, 0.1) is 11.8 Å². The minimum absolute atomic E-state index is 0.220. The number of fused-ring (bicyclic) bond motifs is 6. The van der Waals surface area contributed by atoms with Gasteiger partial charge < -0.3 is 4.74 Å². The van der Waals surface area contributed by atoms with Gasteiger partial charge in [0.05, 0.1) is 28.7 Å². The minimum atomic E-state index is -0.572. The molecule has 7 nitrogen and oxygen atoms in total. The summed E-state index contributed by atoms with van der Waals surface area (Å²) >= 11 is 3.37. The van der Waals surface area contributed by atoms with Crippen LogP contribution in [0.1, 0.15) is 26.7 Å². The molecule has 2 amide bonds. The van der Waals surface area contributed by atoms with Crippen molar-refractivity contribution >= 4 is 44.5 Å². The second-order valence-corrected chi connectivity index (χ2v) is 8.08. The average Bonchev–Trinajstić information content (AvgIpc) is 3.23. The van der Waals surface area contributed by atoms with Crippen LogP contribution in [-0.4, -0.2) is 33.3 Å². The van der Waals surface area contributed by atoms with E-state index >= 15 is 0 Å². The van der Waals surface area contributed by atoms with Gasteiger partial charge in [0, 0.05) is 4.47 Å². The van der Waals surface area contributed by atoms with Crippen LogP contribution in [-0.2, 0) is 14.3 Å². The van der Waals surface area contributed by atoms with Gasteiger partial charge in [-0.2, -0.15) is 0 Å². The fourth-order valence-electron chi connectivity index (χ4n) is 4.71. The molecule has 0 saturated carbocycles. The summed E-state index contributed by atoms with van der Waals surface area (Å²) in [7, 11) is 0. The van der Waals surface area contributed by atoms with Crippen molar-refractivity contribution in [2.45, 2.75) is 37.9 Å². The maximum absolute atomic E-state index is 13.1. The monoisotopic (exact) mass is 391 g/mol. The van der Waals surface area contributed by atoms with Crippen LogP contribution in [0.15, 0.2) is 21.2 Å². The summed E-state index contributed by atoms with van der Waals surface area (Å²) in [5.41, 5.74) is 0.163. The van der Waals surface area contributed by atoms with Gasteiger partial charge in [-0.15, -0.1) is 0 Å². The van der Waals surface area contributed by atoms with Gasteiger partial charge in [0.2, 0.25) is 11.8 Å². The Hall–Kier alpha value is -1.80. The maximum Gasteiger partial charge on any atom is 0.240 e. The molecular weight excluding hydrogens is 378 g/mol. The zero-order valence-corrected chi connectivity index (χ0v) is 14.7. The number of nitrogens with zero attached hydrogens (tertiary/aromatic N) is 3. The molecule has 2 bridgehead atoms. The first kappa shape index (κ1) is 14.5. The fraction of sp³-hybridized carbons (Fsp3) is 0.500. The zero-order valence-electron chi connectivity index (χ0n) is 13.1. The summed E-state index contributed by atoms with van der Waals surface area (Å²) in [5.74, 6) is -1.32. The number of ether oxygens (including phenoxy) is 1. The third kappa shape index (κ3) is 1.51. The second-order valence-electron chi connectivity index (χ2n) is 7.22. The number of amides is 2. The van der Waals surface area contributed by atoms with Crippen LogP contribution in [0.2, 0.25) is 0 Å². The summed E-state index contributed by atoms with van der Waals surface area (Å²) in [6.45, 7) is 3.87. The van der Waals surface area contributed by atoms with Gasteiger partial charge in [-0.3, -0.25) is 9.59 Å². The molecule has 3 saturated heterocycles. The normalized spacial score (nSPS) is 37.7. The van der Waals surface area contributed by atoms with Crippen molar-refractivity contribution in [2.75, 3.05) is 4.90 Å². The van der Waals surface area contributed by atoms with E-state index in [0.29, 0.717) is 21.2 Å². The molecule has 3 fully saturated rings. The molecular formula is C16H14BrN3O4. The van der Waals surface area contributed by atoms with Crippen molar-refractivity contribution in [2.24, 2.45) is 11.8 Å². The molecule has 5 rings (SSSR count). The van der Waals surface area contributed by atoms with Crippen LogP contribution < -0.4 is 4.90 Å². The van der Waals surface area contributed by atoms with Gasteiger partial charge in [-0.1, -0.05) is 0 Å². The highest BCUT2D eigenvalue weighted by atomic mass is 79.9. The highest BCUT2D eigenvalue weighted by Gasteiger charge is 2.72. The van der Waals surface area contributed by atoms with Crippen molar-refractivity contribution in [3.8, 4) is 0 Å². The molecule has 24 heavy (non-hydrogen) atoms. The number of carbonyl (C=O) groups is 2. The fourth-order valence-corrected chi connectivity index (χ4v) is 5.10. The van der Waals surface area contributed by atoms with Crippen LogP contribution in [0.25, 0.3) is 11.0 Å². The Kier molecular flexibility index (Phi) is 2.56. The number of imide groups is 1. The maximum atomic E-state index is 13.1. The van der Waals surface area contributed by atoms with Crippen LogP contribution in [0.3, 0.4) is 0 Å². The zero-order chi connectivity index (χ0) is 16.9. The molecule has 1 aromatic carbocycles. The molecule has 4 atom stereocenters. The first-order chi connectivity index (χ1) is 11.4. The summed E-state index contributed by atoms with van der Waals surface area (Å²) in [4.78, 5) is 27.5. The highest BCUT2D eigenvalue weighted by molar-refractivity contribution is 9.10. The number of halogens is 1. The Morgan fingerprint density at radius 2 is 1.67 bits per heavy atom. The van der Waals surface area contributed by atoms with Crippen molar-refractivity contribution in [1.82, 2.24) is 10.3 Å². The Morgan fingerprint density at radius 1 is 1.08 bits per heavy atom. The summed E-state index contributed by atoms with van der Waals surface area (Å²) in [5, 5.41) is 7.72. The first-order valence-corrected chi connectivity index (χ1v) is 8.64. The van der Waals surface area contributed by atoms with Crippen molar-refractivity contribution in [3.63, 3.8) is 0 Å². The smallest absolute Gasteiger partial charge is 0.240 e. The van der Waals surface area contributed by atoms with E-state index in [2.05, 4.69) is 26.2 Å². The number of benzene rings is 1. The third-order valence-electron chi connectivity index (χ3n) is 5.79. The van der Waals surface area contributed by atoms with E-state index < -0.39 is 23.0 Å². The van der Waals surface area contributed by atoms with E-state index in [1.54, 1.807) is 12.1 Å². The molecule has 2 unspecified atom stereocenters. The number of anilines is 1. The molecule has 124 valence electrons. The lowest BCUT2D eigenvalue weighted by Crippen LogP contribution is -2.40. The van der Waals surface area contributed by atoms with Gasteiger partial charge in [-0.25, -0.2) is 9.53 Å². The van der Waals surface area contributed by atoms with Gasteiger partial charge >= 0.3 is 0 Å². The molecule has 8 heteroatoms. The van der Waals surface area contributed by atoms with Crippen molar-refractivity contribution in [1.29, 1.82) is 0 Å². The lowest BCUT2D eigenvalue weighted by molar-refractivity contribution is -0.129. The number of hydrogen-bond donors (Lipinski definition) is 0. The SMILES string of the molecule is CC12CCC(C)(O1)[C@H]1C(=O)N(c3ccc(Br)c4nonc34)C(=O)[C@H]12. The lowest BCUT2D eigenvalue weighted by Gasteiger charge is -2.27. The Labute approximate surface area is 145 Å². The topological polar surface area (TPSA) is 85.5 Å². The Morgan fingerprint density at radius 3 is 2.29 bits per heavy atom. The molecule has 0 spiro atoms. The van der Waals surface area contributed by atoms with Crippen LogP contribution in [0.5, 0.6) is 0 Å². The number of carbonyl (C=O) groups excluding carboxylic acids is 2. The predicted octanol–water partition coefficient (Wildman–Crippen LogP) is 2.43. The highest BCUT2D eigenvalue weighted by Crippen LogP contribution is 2.61. The summed E-state index contributed by atoms with van der Waals surface area (Å²) < 4.78 is 11.6. The lowest BCUT2D eigenvalue weighted by atomic mass is 9.69. The van der Waals surface area contributed by atoms with Gasteiger partial charge in [0.15, 0.2) is 11.0 Å². The molecule has 4 heterocycles. The largest absolute Gasteiger partial charge is 0.367 e. The molecule has 0 radical (unpaired) electrons.